The Labute approximate surface area is 86.5 Å². The molecule has 2 nitrogen and oxygen atoms in total. The lowest BCUT2D eigenvalue weighted by Gasteiger charge is -2.13. The first-order chi connectivity index (χ1) is 5.88. The number of aliphatic hydroxyl groups excluding tert-OH is 1. The fraction of sp³-hybridized carbons (Fsp3) is 0.333. The van der Waals surface area contributed by atoms with Crippen molar-refractivity contribution in [2.24, 2.45) is 0 Å². The zero-order valence-corrected chi connectivity index (χ0v) is 8.86. The SMILES string of the molecule is OCCC(NI)c1ccccc1. The standard InChI is InChI=1S/C9H12INO/c10-11-9(6-7-12)8-4-2-1-3-5-8/h1-5,9,11-12H,6-7H2. The fourth-order valence-electron chi connectivity index (χ4n) is 1.10. The van der Waals surface area contributed by atoms with Crippen LogP contribution in [0.4, 0.5) is 0 Å². The summed E-state index contributed by atoms with van der Waals surface area (Å²) in [7, 11) is 0. The van der Waals surface area contributed by atoms with E-state index in [0.717, 1.165) is 6.42 Å². The van der Waals surface area contributed by atoms with Crippen LogP contribution in [0.25, 0.3) is 0 Å². The molecule has 1 unspecified atom stereocenters. The fourth-order valence-corrected chi connectivity index (χ4v) is 1.77. The summed E-state index contributed by atoms with van der Waals surface area (Å²) in [5.74, 6) is 0. The van der Waals surface area contributed by atoms with E-state index in [1.54, 1.807) is 0 Å². The number of rotatable bonds is 4. The van der Waals surface area contributed by atoms with Gasteiger partial charge in [-0.15, -0.1) is 0 Å². The molecule has 1 aromatic rings. The van der Waals surface area contributed by atoms with Gasteiger partial charge in [-0.2, -0.15) is 0 Å². The monoisotopic (exact) mass is 277 g/mol. The highest BCUT2D eigenvalue weighted by molar-refractivity contribution is 14.1. The molecule has 0 saturated carbocycles. The summed E-state index contributed by atoms with van der Waals surface area (Å²) in [5.41, 5.74) is 1.22. The molecule has 2 N–H and O–H groups in total. The Hall–Kier alpha value is -0.130. The van der Waals surface area contributed by atoms with E-state index < -0.39 is 0 Å². The van der Waals surface area contributed by atoms with Crippen molar-refractivity contribution in [3.05, 3.63) is 35.9 Å². The van der Waals surface area contributed by atoms with E-state index in [1.807, 2.05) is 18.2 Å². The first-order valence-corrected chi connectivity index (χ1v) is 4.98. The molecule has 12 heavy (non-hydrogen) atoms. The predicted octanol–water partition coefficient (Wildman–Crippen LogP) is 2.05. The number of aliphatic hydroxyl groups is 1. The van der Waals surface area contributed by atoms with Gasteiger partial charge in [-0.3, -0.25) is 3.53 Å². The largest absolute Gasteiger partial charge is 0.396 e. The van der Waals surface area contributed by atoms with E-state index in [2.05, 4.69) is 38.5 Å². The van der Waals surface area contributed by atoms with Gasteiger partial charge in [-0.1, -0.05) is 30.3 Å². The molecule has 0 amide bonds. The second-order valence-electron chi connectivity index (χ2n) is 2.58. The normalized spacial score (nSPS) is 12.8. The Morgan fingerprint density at radius 2 is 2.00 bits per heavy atom. The summed E-state index contributed by atoms with van der Waals surface area (Å²) >= 11 is 2.12. The van der Waals surface area contributed by atoms with Gasteiger partial charge in [0, 0.05) is 35.5 Å². The second-order valence-corrected chi connectivity index (χ2v) is 3.21. The molecule has 3 heteroatoms. The number of hydrogen-bond donors (Lipinski definition) is 2. The predicted molar refractivity (Wildman–Crippen MR) is 58.0 cm³/mol. The van der Waals surface area contributed by atoms with Gasteiger partial charge >= 0.3 is 0 Å². The topological polar surface area (TPSA) is 32.3 Å². The third-order valence-electron chi connectivity index (χ3n) is 1.75. The number of benzene rings is 1. The molecule has 1 atom stereocenters. The maximum Gasteiger partial charge on any atom is 0.0449 e. The van der Waals surface area contributed by atoms with Crippen molar-refractivity contribution in [1.82, 2.24) is 3.53 Å². The minimum Gasteiger partial charge on any atom is -0.396 e. The quantitative estimate of drug-likeness (QED) is 0.652. The van der Waals surface area contributed by atoms with Crippen LogP contribution >= 0.6 is 22.9 Å². The number of nitrogens with one attached hydrogen (secondary N) is 1. The lowest BCUT2D eigenvalue weighted by molar-refractivity contribution is 0.274. The summed E-state index contributed by atoms with van der Waals surface area (Å²) < 4.78 is 3.13. The van der Waals surface area contributed by atoms with Crippen LogP contribution in [0, 0.1) is 0 Å². The second kappa shape index (κ2) is 5.50. The smallest absolute Gasteiger partial charge is 0.0449 e. The molecule has 1 rings (SSSR count). The molecule has 66 valence electrons. The molecule has 0 aliphatic rings. The van der Waals surface area contributed by atoms with Gasteiger partial charge in [-0.25, -0.2) is 0 Å². The highest BCUT2D eigenvalue weighted by atomic mass is 127. The molecule has 0 aliphatic carbocycles. The Bertz CT molecular complexity index is 215. The lowest BCUT2D eigenvalue weighted by atomic mass is 10.1. The van der Waals surface area contributed by atoms with E-state index in [0.29, 0.717) is 0 Å². The zero-order valence-electron chi connectivity index (χ0n) is 6.70. The molecular weight excluding hydrogens is 265 g/mol. The number of halogens is 1. The van der Waals surface area contributed by atoms with E-state index in [1.165, 1.54) is 5.56 Å². The van der Waals surface area contributed by atoms with Crippen molar-refractivity contribution in [1.29, 1.82) is 0 Å². The zero-order chi connectivity index (χ0) is 8.81. The van der Waals surface area contributed by atoms with Crippen LogP contribution in [0.2, 0.25) is 0 Å². The Kier molecular flexibility index (Phi) is 4.57. The molecule has 0 aromatic heterocycles. The average molecular weight is 277 g/mol. The van der Waals surface area contributed by atoms with Gasteiger partial charge in [0.15, 0.2) is 0 Å². The lowest BCUT2D eigenvalue weighted by Crippen LogP contribution is -2.11. The number of hydrogen-bond acceptors (Lipinski definition) is 2. The highest BCUT2D eigenvalue weighted by Gasteiger charge is 2.06. The van der Waals surface area contributed by atoms with Crippen LogP contribution in [-0.2, 0) is 0 Å². The van der Waals surface area contributed by atoms with E-state index in [9.17, 15) is 0 Å². The van der Waals surface area contributed by atoms with Crippen LogP contribution < -0.4 is 3.53 Å². The van der Waals surface area contributed by atoms with Crippen LogP contribution in [0.3, 0.4) is 0 Å². The molecular formula is C9H12INO. The Morgan fingerprint density at radius 1 is 1.33 bits per heavy atom. The molecule has 0 fully saturated rings. The van der Waals surface area contributed by atoms with Gasteiger partial charge in [-0.05, 0) is 12.0 Å². The van der Waals surface area contributed by atoms with Crippen molar-refractivity contribution in [2.45, 2.75) is 12.5 Å². The summed E-state index contributed by atoms with van der Waals surface area (Å²) in [6, 6.07) is 10.4. The summed E-state index contributed by atoms with van der Waals surface area (Å²) in [6.45, 7) is 0.218. The summed E-state index contributed by atoms with van der Waals surface area (Å²) in [6.07, 6.45) is 0.757. The van der Waals surface area contributed by atoms with Crippen molar-refractivity contribution in [3.63, 3.8) is 0 Å². The minimum absolute atomic E-state index is 0.218. The highest BCUT2D eigenvalue weighted by Crippen LogP contribution is 2.16. The third-order valence-corrected chi connectivity index (χ3v) is 2.50. The van der Waals surface area contributed by atoms with Crippen molar-refractivity contribution in [2.75, 3.05) is 6.61 Å². The molecule has 1 aromatic carbocycles. The minimum atomic E-state index is 0.218. The Balaban J connectivity index is 2.66. The Morgan fingerprint density at radius 3 is 2.50 bits per heavy atom. The van der Waals surface area contributed by atoms with Crippen LogP contribution in [0.1, 0.15) is 18.0 Å². The van der Waals surface area contributed by atoms with Crippen molar-refractivity contribution < 1.29 is 5.11 Å². The van der Waals surface area contributed by atoms with Gasteiger partial charge in [0.1, 0.15) is 0 Å². The third kappa shape index (κ3) is 2.73. The summed E-state index contributed by atoms with van der Waals surface area (Å²) in [5, 5.41) is 8.79. The molecule has 0 aliphatic heterocycles. The van der Waals surface area contributed by atoms with Crippen molar-refractivity contribution in [3.8, 4) is 0 Å². The van der Waals surface area contributed by atoms with E-state index >= 15 is 0 Å². The van der Waals surface area contributed by atoms with Gasteiger partial charge in [0.2, 0.25) is 0 Å². The van der Waals surface area contributed by atoms with Gasteiger partial charge in [0.05, 0.1) is 0 Å². The van der Waals surface area contributed by atoms with E-state index in [-0.39, 0.29) is 12.6 Å². The molecule has 0 saturated heterocycles. The summed E-state index contributed by atoms with van der Waals surface area (Å²) in [4.78, 5) is 0. The van der Waals surface area contributed by atoms with Crippen molar-refractivity contribution >= 4 is 22.9 Å². The average Bonchev–Trinajstić information content (AvgIpc) is 2.15. The molecule has 0 spiro atoms. The maximum atomic E-state index is 8.79. The van der Waals surface area contributed by atoms with Gasteiger partial charge in [0.25, 0.3) is 0 Å². The van der Waals surface area contributed by atoms with Crippen LogP contribution in [0.15, 0.2) is 30.3 Å². The van der Waals surface area contributed by atoms with Crippen LogP contribution in [-0.4, -0.2) is 11.7 Å². The van der Waals surface area contributed by atoms with E-state index in [4.69, 9.17) is 5.11 Å². The molecule has 0 bridgehead atoms. The molecule has 0 radical (unpaired) electrons. The first-order valence-electron chi connectivity index (χ1n) is 3.90. The molecule has 0 heterocycles. The van der Waals surface area contributed by atoms with Gasteiger partial charge < -0.3 is 5.11 Å². The maximum absolute atomic E-state index is 8.79. The van der Waals surface area contributed by atoms with Crippen LogP contribution in [0.5, 0.6) is 0 Å². The first kappa shape index (κ1) is 9.95.